The Bertz CT molecular complexity index is 923. The highest BCUT2D eigenvalue weighted by atomic mass is 16.6. The Kier molecular flexibility index (Phi) is 4.33. The van der Waals surface area contributed by atoms with Crippen LogP contribution in [-0.4, -0.2) is 33.8 Å². The van der Waals surface area contributed by atoms with Gasteiger partial charge in [-0.15, -0.1) is 0 Å². The lowest BCUT2D eigenvalue weighted by molar-refractivity contribution is -0.144. The normalized spacial score (nSPS) is 32.1. The number of para-hydroxylation sites is 1. The standard InChI is InChI=1S/C23H28N2O4/c1-23(21(26)27,11-17-12-24-19-5-3-2-4-18(17)19)25-22(28)29-20-15-7-13-6-14(9-15)10-16(20)8-13/h2-5,12-16,20,24H,6-11H2,1H3,(H,25,28)(H,26,27)/t13?,14?,15?,16?,20?,23-/m1/s1/i1+2. The van der Waals surface area contributed by atoms with Gasteiger partial charge >= 0.3 is 12.1 Å². The highest BCUT2D eigenvalue weighted by Gasteiger charge is 2.50. The summed E-state index contributed by atoms with van der Waals surface area (Å²) in [7, 11) is 0. The topological polar surface area (TPSA) is 91.4 Å². The van der Waals surface area contributed by atoms with Crippen LogP contribution in [0.15, 0.2) is 30.5 Å². The SMILES string of the molecule is [14CH3][C@](Cc1c[nH]c2ccccc12)(NC(=O)OC1C2CC3CC(C2)CC1C3)C(=O)O. The Hall–Kier alpha value is -2.50. The predicted octanol–water partition coefficient (Wildman–Crippen LogP) is 4.10. The van der Waals surface area contributed by atoms with Gasteiger partial charge in [-0.1, -0.05) is 18.2 Å². The van der Waals surface area contributed by atoms with Gasteiger partial charge in [-0.05, 0) is 74.3 Å². The first-order valence-corrected chi connectivity index (χ1v) is 10.7. The van der Waals surface area contributed by atoms with Crippen LogP contribution in [0.25, 0.3) is 10.9 Å². The van der Waals surface area contributed by atoms with Gasteiger partial charge < -0.3 is 20.1 Å². The van der Waals surface area contributed by atoms with Crippen molar-refractivity contribution in [2.75, 3.05) is 0 Å². The van der Waals surface area contributed by atoms with E-state index in [1.54, 1.807) is 6.92 Å². The van der Waals surface area contributed by atoms with Crippen LogP contribution in [0.3, 0.4) is 0 Å². The number of aromatic nitrogens is 1. The molecule has 4 aliphatic rings. The summed E-state index contributed by atoms with van der Waals surface area (Å²) in [5.41, 5.74) is 0.375. The largest absolute Gasteiger partial charge is 0.480 e. The van der Waals surface area contributed by atoms with E-state index >= 15 is 0 Å². The number of fused-ring (bicyclic) bond motifs is 1. The molecule has 6 heteroatoms. The van der Waals surface area contributed by atoms with Crippen LogP contribution in [0.5, 0.6) is 0 Å². The minimum atomic E-state index is -1.44. The number of rotatable bonds is 5. The second-order valence-electron chi connectivity index (χ2n) is 9.60. The summed E-state index contributed by atoms with van der Waals surface area (Å²) >= 11 is 0. The molecular weight excluding hydrogens is 370 g/mol. The molecule has 6 nitrogen and oxygen atoms in total. The van der Waals surface area contributed by atoms with Crippen molar-refractivity contribution < 1.29 is 19.4 Å². The molecule has 1 heterocycles. The lowest BCUT2D eigenvalue weighted by Crippen LogP contribution is -2.56. The summed E-state index contributed by atoms with van der Waals surface area (Å²) < 4.78 is 5.86. The Morgan fingerprint density at radius 2 is 1.79 bits per heavy atom. The van der Waals surface area contributed by atoms with Crippen LogP contribution in [0, 0.1) is 23.7 Å². The third-order valence-electron chi connectivity index (χ3n) is 7.45. The quantitative estimate of drug-likeness (QED) is 0.707. The Balaban J connectivity index is 1.30. The van der Waals surface area contributed by atoms with Crippen LogP contribution in [-0.2, 0) is 16.0 Å². The fraction of sp³-hybridized carbons (Fsp3) is 0.565. The van der Waals surface area contributed by atoms with Crippen molar-refractivity contribution in [3.63, 3.8) is 0 Å². The number of carbonyl (C=O) groups excluding carboxylic acids is 1. The van der Waals surface area contributed by atoms with E-state index < -0.39 is 17.6 Å². The van der Waals surface area contributed by atoms with Gasteiger partial charge in [0.15, 0.2) is 0 Å². The monoisotopic (exact) mass is 398 g/mol. The van der Waals surface area contributed by atoms with E-state index in [1.165, 1.54) is 6.42 Å². The molecular formula is C23H28N2O4. The molecule has 4 fully saturated rings. The number of carboxylic acids is 1. The molecule has 1 atom stereocenters. The maximum Gasteiger partial charge on any atom is 0.408 e. The van der Waals surface area contributed by atoms with E-state index in [0.29, 0.717) is 11.8 Å². The second kappa shape index (κ2) is 6.78. The minimum absolute atomic E-state index is 0.0612. The molecule has 6 rings (SSSR count). The number of hydrogen-bond donors (Lipinski definition) is 3. The van der Waals surface area contributed by atoms with Gasteiger partial charge in [0.05, 0.1) is 0 Å². The van der Waals surface area contributed by atoms with Crippen molar-refractivity contribution >= 4 is 23.0 Å². The number of nitrogens with one attached hydrogen (secondary N) is 2. The van der Waals surface area contributed by atoms with Crippen molar-refractivity contribution in [2.45, 2.75) is 57.1 Å². The average molecular weight is 398 g/mol. The fourth-order valence-corrected chi connectivity index (χ4v) is 6.28. The zero-order valence-electron chi connectivity index (χ0n) is 16.7. The molecule has 1 amide bonds. The first-order valence-electron chi connectivity index (χ1n) is 10.7. The maximum atomic E-state index is 12.7. The smallest absolute Gasteiger partial charge is 0.408 e. The summed E-state index contributed by atoms with van der Waals surface area (Å²) in [5, 5.41) is 13.5. The van der Waals surface area contributed by atoms with Crippen LogP contribution in [0.2, 0.25) is 0 Å². The average Bonchev–Trinajstić information content (AvgIpc) is 3.07. The zero-order chi connectivity index (χ0) is 20.2. The third-order valence-corrected chi connectivity index (χ3v) is 7.45. The first-order chi connectivity index (χ1) is 13.9. The molecule has 0 spiro atoms. The third kappa shape index (κ3) is 3.28. The molecule has 3 N–H and O–H groups in total. The molecule has 154 valence electrons. The molecule has 4 bridgehead atoms. The highest BCUT2D eigenvalue weighted by molar-refractivity contribution is 5.87. The van der Waals surface area contributed by atoms with Crippen LogP contribution in [0.4, 0.5) is 4.79 Å². The second-order valence-corrected chi connectivity index (χ2v) is 9.60. The lowest BCUT2D eigenvalue weighted by Gasteiger charge is -2.53. The number of aliphatic carboxylic acids is 1. The fourth-order valence-electron chi connectivity index (χ4n) is 6.28. The molecule has 0 aliphatic heterocycles. The summed E-state index contributed by atoms with van der Waals surface area (Å²) in [4.78, 5) is 28.0. The minimum Gasteiger partial charge on any atom is -0.480 e. The number of benzene rings is 1. The Morgan fingerprint density at radius 1 is 1.14 bits per heavy atom. The van der Waals surface area contributed by atoms with Crippen molar-refractivity contribution in [1.29, 1.82) is 0 Å². The van der Waals surface area contributed by atoms with Gasteiger partial charge in [-0.3, -0.25) is 0 Å². The molecule has 0 radical (unpaired) electrons. The van der Waals surface area contributed by atoms with Gasteiger partial charge in [0.25, 0.3) is 0 Å². The lowest BCUT2D eigenvalue weighted by atomic mass is 9.55. The predicted molar refractivity (Wildman–Crippen MR) is 108 cm³/mol. The van der Waals surface area contributed by atoms with E-state index in [2.05, 4.69) is 10.3 Å². The molecule has 1 aromatic heterocycles. The Labute approximate surface area is 170 Å². The van der Waals surface area contributed by atoms with Gasteiger partial charge in [0, 0.05) is 23.5 Å². The number of alkyl carbamates (subject to hydrolysis) is 1. The van der Waals surface area contributed by atoms with Crippen LogP contribution >= 0.6 is 0 Å². The molecule has 0 saturated heterocycles. The number of carbonyl (C=O) groups is 2. The van der Waals surface area contributed by atoms with Gasteiger partial charge in [-0.2, -0.15) is 0 Å². The molecule has 0 unspecified atom stereocenters. The summed E-state index contributed by atoms with van der Waals surface area (Å²) in [6.07, 6.45) is 7.27. The van der Waals surface area contributed by atoms with Crippen LogP contribution < -0.4 is 5.32 Å². The maximum absolute atomic E-state index is 12.7. The van der Waals surface area contributed by atoms with Crippen molar-refractivity contribution in [1.82, 2.24) is 10.3 Å². The number of carboxylic acid groups (broad SMARTS) is 1. The molecule has 4 aliphatic carbocycles. The summed E-state index contributed by atoms with van der Waals surface area (Å²) in [6, 6.07) is 7.76. The van der Waals surface area contributed by atoms with E-state index in [1.807, 2.05) is 30.5 Å². The van der Waals surface area contributed by atoms with E-state index in [-0.39, 0.29) is 12.5 Å². The zero-order valence-corrected chi connectivity index (χ0v) is 16.7. The first kappa shape index (κ1) is 18.5. The number of ether oxygens (including phenoxy) is 1. The number of hydrogen-bond acceptors (Lipinski definition) is 3. The number of aromatic amines is 1. The van der Waals surface area contributed by atoms with Gasteiger partial charge in [0.2, 0.25) is 0 Å². The van der Waals surface area contributed by atoms with Crippen molar-refractivity contribution in [3.8, 4) is 0 Å². The summed E-state index contributed by atoms with van der Waals surface area (Å²) in [5.74, 6) is 1.42. The molecule has 2 aromatic rings. The molecule has 4 saturated carbocycles. The number of amides is 1. The van der Waals surface area contributed by atoms with Gasteiger partial charge in [-0.25, -0.2) is 9.59 Å². The molecule has 29 heavy (non-hydrogen) atoms. The van der Waals surface area contributed by atoms with Crippen molar-refractivity contribution in [3.05, 3.63) is 36.0 Å². The summed E-state index contributed by atoms with van der Waals surface area (Å²) in [6.45, 7) is 1.55. The Morgan fingerprint density at radius 3 is 2.45 bits per heavy atom. The van der Waals surface area contributed by atoms with E-state index in [9.17, 15) is 14.7 Å². The highest BCUT2D eigenvalue weighted by Crippen LogP contribution is 2.54. The number of H-pyrrole nitrogens is 1. The van der Waals surface area contributed by atoms with E-state index in [4.69, 9.17) is 4.74 Å². The van der Waals surface area contributed by atoms with Crippen LogP contribution in [0.1, 0.15) is 44.6 Å². The van der Waals surface area contributed by atoms with Crippen molar-refractivity contribution in [2.24, 2.45) is 23.7 Å². The van der Waals surface area contributed by atoms with E-state index in [0.717, 1.165) is 54.0 Å². The molecule has 1 aromatic carbocycles. The van der Waals surface area contributed by atoms with Gasteiger partial charge in [0.1, 0.15) is 11.6 Å².